The van der Waals surface area contributed by atoms with Crippen molar-refractivity contribution in [2.24, 2.45) is 0 Å². The zero-order chi connectivity index (χ0) is 15.4. The van der Waals surface area contributed by atoms with Crippen molar-refractivity contribution in [1.29, 1.82) is 0 Å². The third kappa shape index (κ3) is 4.18. The second kappa shape index (κ2) is 6.91. The van der Waals surface area contributed by atoms with Crippen LogP contribution in [0.25, 0.3) is 0 Å². The smallest absolute Gasteiger partial charge is 0.314 e. The van der Waals surface area contributed by atoms with Crippen molar-refractivity contribution in [3.8, 4) is 0 Å². The fourth-order valence-electron chi connectivity index (χ4n) is 1.64. The molecule has 0 saturated heterocycles. The van der Waals surface area contributed by atoms with Gasteiger partial charge in [0.2, 0.25) is 0 Å². The van der Waals surface area contributed by atoms with Gasteiger partial charge < -0.3 is 10.6 Å². The number of amides is 2. The van der Waals surface area contributed by atoms with Gasteiger partial charge in [0.1, 0.15) is 0 Å². The van der Waals surface area contributed by atoms with E-state index in [0.717, 1.165) is 9.13 Å². The first-order valence-electron chi connectivity index (χ1n) is 6.10. The van der Waals surface area contributed by atoms with Crippen LogP contribution < -0.4 is 10.6 Å². The quantitative estimate of drug-likeness (QED) is 0.580. The average Bonchev–Trinajstić information content (AvgIpc) is 2.46. The van der Waals surface area contributed by atoms with Gasteiger partial charge in [-0.3, -0.25) is 9.59 Å². The number of carbonyl (C=O) groups excluding carboxylic acids is 2. The Morgan fingerprint density at radius 2 is 1.62 bits per heavy atom. The molecule has 2 rings (SSSR count). The second-order valence-electron chi connectivity index (χ2n) is 4.33. The molecule has 2 aromatic rings. The number of carbonyl (C=O) groups is 2. The topological polar surface area (TPSA) is 58.2 Å². The normalized spacial score (nSPS) is 10.0. The lowest BCUT2D eigenvalue weighted by atomic mass is 10.2. The SMILES string of the molecule is Cc1c(Cl)cccc1NC(=O)C(=O)Nc1ccc(I)cc1. The summed E-state index contributed by atoms with van der Waals surface area (Å²) in [4.78, 5) is 23.7. The molecule has 0 spiro atoms. The van der Waals surface area contributed by atoms with Gasteiger partial charge in [0.05, 0.1) is 0 Å². The van der Waals surface area contributed by atoms with Crippen LogP contribution >= 0.6 is 34.2 Å². The molecule has 4 nitrogen and oxygen atoms in total. The van der Waals surface area contributed by atoms with Crippen LogP contribution in [0.2, 0.25) is 5.02 Å². The summed E-state index contributed by atoms with van der Waals surface area (Å²) in [5.74, 6) is -1.46. The molecule has 108 valence electrons. The average molecular weight is 415 g/mol. The molecule has 0 bridgehead atoms. The summed E-state index contributed by atoms with van der Waals surface area (Å²) in [5.41, 5.74) is 1.80. The Hall–Kier alpha value is -1.60. The van der Waals surface area contributed by atoms with Crippen molar-refractivity contribution in [3.63, 3.8) is 0 Å². The predicted octanol–water partition coefficient (Wildman–Crippen LogP) is 3.83. The molecule has 6 heteroatoms. The minimum atomic E-state index is -0.737. The Morgan fingerprint density at radius 3 is 2.29 bits per heavy atom. The largest absolute Gasteiger partial charge is 0.318 e. The monoisotopic (exact) mass is 414 g/mol. The fourth-order valence-corrected chi connectivity index (χ4v) is 2.18. The van der Waals surface area contributed by atoms with Crippen LogP contribution in [-0.2, 0) is 9.59 Å². The van der Waals surface area contributed by atoms with Crippen LogP contribution in [0, 0.1) is 10.5 Å². The van der Waals surface area contributed by atoms with Crippen LogP contribution in [0.15, 0.2) is 42.5 Å². The van der Waals surface area contributed by atoms with E-state index in [1.165, 1.54) is 0 Å². The van der Waals surface area contributed by atoms with E-state index in [4.69, 9.17) is 11.6 Å². The maximum absolute atomic E-state index is 11.9. The van der Waals surface area contributed by atoms with E-state index in [1.807, 2.05) is 12.1 Å². The summed E-state index contributed by atoms with van der Waals surface area (Å²) < 4.78 is 1.05. The molecule has 2 aromatic carbocycles. The molecular weight excluding hydrogens is 403 g/mol. The lowest BCUT2D eigenvalue weighted by Crippen LogP contribution is -2.29. The Morgan fingerprint density at radius 1 is 1.00 bits per heavy atom. The molecule has 2 N–H and O–H groups in total. The van der Waals surface area contributed by atoms with Gasteiger partial charge in [0.15, 0.2) is 0 Å². The zero-order valence-electron chi connectivity index (χ0n) is 11.1. The minimum absolute atomic E-state index is 0.519. The van der Waals surface area contributed by atoms with Gasteiger partial charge in [-0.1, -0.05) is 17.7 Å². The molecule has 0 unspecified atom stereocenters. The van der Waals surface area contributed by atoms with Crippen molar-refractivity contribution >= 4 is 57.4 Å². The zero-order valence-corrected chi connectivity index (χ0v) is 14.0. The van der Waals surface area contributed by atoms with Gasteiger partial charge in [-0.25, -0.2) is 0 Å². The molecule has 0 fully saturated rings. The predicted molar refractivity (Wildman–Crippen MR) is 92.6 cm³/mol. The molecular formula is C15H12ClIN2O2. The Kier molecular flexibility index (Phi) is 5.19. The Labute approximate surface area is 141 Å². The van der Waals surface area contributed by atoms with Crippen molar-refractivity contribution in [2.75, 3.05) is 10.6 Å². The van der Waals surface area contributed by atoms with Crippen LogP contribution in [-0.4, -0.2) is 11.8 Å². The molecule has 2 amide bonds. The number of anilines is 2. The number of benzene rings is 2. The first kappa shape index (κ1) is 15.8. The number of rotatable bonds is 2. The lowest BCUT2D eigenvalue weighted by Gasteiger charge is -2.09. The minimum Gasteiger partial charge on any atom is -0.318 e. The van der Waals surface area contributed by atoms with Gasteiger partial charge in [-0.05, 0) is 71.5 Å². The van der Waals surface area contributed by atoms with Crippen LogP contribution in [0.3, 0.4) is 0 Å². The van der Waals surface area contributed by atoms with Crippen molar-refractivity contribution in [3.05, 3.63) is 56.6 Å². The van der Waals surface area contributed by atoms with Gasteiger partial charge in [0, 0.05) is 20.0 Å². The van der Waals surface area contributed by atoms with Crippen LogP contribution in [0.1, 0.15) is 5.56 Å². The first-order chi connectivity index (χ1) is 9.97. The van der Waals surface area contributed by atoms with Gasteiger partial charge >= 0.3 is 11.8 Å². The van der Waals surface area contributed by atoms with Crippen LogP contribution in [0.4, 0.5) is 11.4 Å². The third-order valence-electron chi connectivity index (χ3n) is 2.82. The summed E-state index contributed by atoms with van der Waals surface area (Å²) in [6.07, 6.45) is 0. The highest BCUT2D eigenvalue weighted by atomic mass is 127. The highest BCUT2D eigenvalue weighted by Gasteiger charge is 2.15. The first-order valence-corrected chi connectivity index (χ1v) is 7.56. The molecule has 21 heavy (non-hydrogen) atoms. The molecule has 0 atom stereocenters. The number of halogens is 2. The van der Waals surface area contributed by atoms with Gasteiger partial charge in [-0.2, -0.15) is 0 Å². The maximum atomic E-state index is 11.9. The fraction of sp³-hybridized carbons (Fsp3) is 0.0667. The highest BCUT2D eigenvalue weighted by molar-refractivity contribution is 14.1. The Bertz CT molecular complexity index is 687. The highest BCUT2D eigenvalue weighted by Crippen LogP contribution is 2.22. The molecule has 0 heterocycles. The second-order valence-corrected chi connectivity index (χ2v) is 5.98. The Balaban J connectivity index is 2.04. The summed E-state index contributed by atoms with van der Waals surface area (Å²) in [5, 5.41) is 5.61. The summed E-state index contributed by atoms with van der Waals surface area (Å²) >= 11 is 8.13. The molecule has 0 aliphatic rings. The molecule has 0 aliphatic carbocycles. The number of hydrogen-bond donors (Lipinski definition) is 2. The third-order valence-corrected chi connectivity index (χ3v) is 3.95. The van der Waals surface area contributed by atoms with E-state index in [9.17, 15) is 9.59 Å². The summed E-state index contributed by atoms with van der Waals surface area (Å²) in [7, 11) is 0. The van der Waals surface area contributed by atoms with Crippen LogP contribution in [0.5, 0.6) is 0 Å². The van der Waals surface area contributed by atoms with Crippen molar-refractivity contribution in [2.45, 2.75) is 6.92 Å². The number of hydrogen-bond acceptors (Lipinski definition) is 2. The van der Waals surface area contributed by atoms with E-state index >= 15 is 0 Å². The van der Waals surface area contributed by atoms with Gasteiger partial charge in [0.25, 0.3) is 0 Å². The maximum Gasteiger partial charge on any atom is 0.314 e. The van der Waals surface area contributed by atoms with Crippen molar-refractivity contribution < 1.29 is 9.59 Å². The van der Waals surface area contributed by atoms with E-state index in [1.54, 1.807) is 37.3 Å². The summed E-state index contributed by atoms with van der Waals surface area (Å²) in [6.45, 7) is 1.77. The van der Waals surface area contributed by atoms with E-state index in [0.29, 0.717) is 16.4 Å². The van der Waals surface area contributed by atoms with E-state index < -0.39 is 11.8 Å². The van der Waals surface area contributed by atoms with E-state index in [-0.39, 0.29) is 0 Å². The molecule has 0 aliphatic heterocycles. The van der Waals surface area contributed by atoms with Gasteiger partial charge in [-0.15, -0.1) is 0 Å². The molecule has 0 saturated carbocycles. The molecule has 0 aromatic heterocycles. The summed E-state index contributed by atoms with van der Waals surface area (Å²) in [6, 6.07) is 12.3. The number of nitrogens with one attached hydrogen (secondary N) is 2. The van der Waals surface area contributed by atoms with Crippen molar-refractivity contribution in [1.82, 2.24) is 0 Å². The molecule has 0 radical (unpaired) electrons. The van der Waals surface area contributed by atoms with E-state index in [2.05, 4.69) is 33.2 Å². The standard InChI is InChI=1S/C15H12ClIN2O2/c1-9-12(16)3-2-4-13(9)19-15(21)14(20)18-11-7-5-10(17)6-8-11/h2-8H,1H3,(H,18,20)(H,19,21). The lowest BCUT2D eigenvalue weighted by molar-refractivity contribution is -0.133.